The van der Waals surface area contributed by atoms with E-state index in [0.717, 1.165) is 6.07 Å². The summed E-state index contributed by atoms with van der Waals surface area (Å²) in [5.41, 5.74) is 6.42. The molecule has 0 fully saturated rings. The number of hydrogen-bond donors (Lipinski definition) is 2. The number of sulfonamides is 1. The molecule has 0 spiro atoms. The molecule has 1 heterocycles. The minimum atomic E-state index is -4.18. The van der Waals surface area contributed by atoms with Gasteiger partial charge in [0.15, 0.2) is 0 Å². The Balaban J connectivity index is 2.16. The van der Waals surface area contributed by atoms with Crippen LogP contribution in [-0.2, 0) is 10.0 Å². The molecule has 9 nitrogen and oxygen atoms in total. The summed E-state index contributed by atoms with van der Waals surface area (Å²) in [6.07, 6.45) is 0. The lowest BCUT2D eigenvalue weighted by molar-refractivity contribution is -0.385. The number of aryl methyl sites for hydroxylation is 1. The Kier molecular flexibility index (Phi) is 4.77. The number of nitro groups is 1. The molecule has 11 heteroatoms. The summed E-state index contributed by atoms with van der Waals surface area (Å²) in [6.45, 7) is 1.69. The van der Waals surface area contributed by atoms with Crippen molar-refractivity contribution in [1.82, 2.24) is 9.78 Å². The first-order chi connectivity index (χ1) is 12.7. The normalized spacial score (nSPS) is 11.3. The fourth-order valence-electron chi connectivity index (χ4n) is 2.45. The fourth-order valence-corrected chi connectivity index (χ4v) is 3.84. The summed E-state index contributed by atoms with van der Waals surface area (Å²) in [7, 11) is -4.18. The predicted molar refractivity (Wildman–Crippen MR) is 102 cm³/mol. The first-order valence-corrected chi connectivity index (χ1v) is 9.43. The number of anilines is 2. The average Bonchev–Trinajstić information content (AvgIpc) is 2.94. The van der Waals surface area contributed by atoms with Crippen LogP contribution in [0.4, 0.5) is 17.2 Å². The second-order valence-corrected chi connectivity index (χ2v) is 7.73. The van der Waals surface area contributed by atoms with Crippen LogP contribution < -0.4 is 10.5 Å². The molecule has 0 aliphatic carbocycles. The van der Waals surface area contributed by atoms with Gasteiger partial charge >= 0.3 is 0 Å². The van der Waals surface area contributed by atoms with Gasteiger partial charge in [-0.3, -0.25) is 14.8 Å². The Morgan fingerprint density at radius 1 is 1.19 bits per heavy atom. The highest BCUT2D eigenvalue weighted by atomic mass is 35.5. The van der Waals surface area contributed by atoms with Gasteiger partial charge in [0.25, 0.3) is 15.7 Å². The lowest BCUT2D eigenvalue weighted by atomic mass is 10.3. The first kappa shape index (κ1) is 18.7. The zero-order chi connectivity index (χ0) is 19.8. The highest BCUT2D eigenvalue weighted by molar-refractivity contribution is 7.92. The van der Waals surface area contributed by atoms with Gasteiger partial charge in [0.1, 0.15) is 10.7 Å². The van der Waals surface area contributed by atoms with Crippen molar-refractivity contribution in [2.24, 2.45) is 0 Å². The molecule has 0 saturated carbocycles. The van der Waals surface area contributed by atoms with Crippen molar-refractivity contribution in [3.63, 3.8) is 0 Å². The van der Waals surface area contributed by atoms with Crippen LogP contribution in [0.1, 0.15) is 5.69 Å². The number of aromatic nitrogens is 2. The molecule has 27 heavy (non-hydrogen) atoms. The Morgan fingerprint density at radius 2 is 1.85 bits per heavy atom. The third-order valence-electron chi connectivity index (χ3n) is 3.63. The fraction of sp³-hybridized carbons (Fsp3) is 0.0625. The minimum absolute atomic E-state index is 0.0904. The largest absolute Gasteiger partial charge is 0.384 e. The standard InChI is InChI=1S/C16H14ClN5O4S/c1-10-8-16(18)21(19-10)14-7-6-13(22(23)24)9-15(14)27(25,26)20-12-4-2-11(17)3-5-12/h2-9,20H,18H2,1H3. The van der Waals surface area contributed by atoms with Crippen molar-refractivity contribution in [3.05, 3.63) is 69.4 Å². The van der Waals surface area contributed by atoms with Gasteiger partial charge in [0, 0.05) is 28.9 Å². The topological polar surface area (TPSA) is 133 Å². The van der Waals surface area contributed by atoms with E-state index in [1.807, 2.05) is 0 Å². The van der Waals surface area contributed by atoms with E-state index in [1.54, 1.807) is 13.0 Å². The van der Waals surface area contributed by atoms with Gasteiger partial charge in [0.2, 0.25) is 0 Å². The number of benzene rings is 2. The number of nitrogens with one attached hydrogen (secondary N) is 1. The van der Waals surface area contributed by atoms with E-state index in [4.69, 9.17) is 17.3 Å². The van der Waals surface area contributed by atoms with Gasteiger partial charge < -0.3 is 5.73 Å². The zero-order valence-electron chi connectivity index (χ0n) is 14.0. The van der Waals surface area contributed by atoms with E-state index in [2.05, 4.69) is 9.82 Å². The lowest BCUT2D eigenvalue weighted by Crippen LogP contribution is -2.17. The van der Waals surface area contributed by atoms with Gasteiger partial charge in [0.05, 0.1) is 16.3 Å². The zero-order valence-corrected chi connectivity index (χ0v) is 15.5. The molecule has 3 aromatic rings. The number of rotatable bonds is 5. The molecule has 3 N–H and O–H groups in total. The molecule has 0 radical (unpaired) electrons. The lowest BCUT2D eigenvalue weighted by Gasteiger charge is -2.13. The number of non-ortho nitro benzene ring substituents is 1. The summed E-state index contributed by atoms with van der Waals surface area (Å²) in [5, 5.41) is 15.7. The molecule has 0 bridgehead atoms. The number of nitrogens with zero attached hydrogens (tertiary/aromatic N) is 3. The second kappa shape index (κ2) is 6.89. The van der Waals surface area contributed by atoms with E-state index in [-0.39, 0.29) is 27.8 Å². The van der Waals surface area contributed by atoms with E-state index in [9.17, 15) is 18.5 Å². The van der Waals surface area contributed by atoms with E-state index < -0.39 is 14.9 Å². The minimum Gasteiger partial charge on any atom is -0.384 e. The van der Waals surface area contributed by atoms with Gasteiger partial charge in [-0.15, -0.1) is 0 Å². The van der Waals surface area contributed by atoms with E-state index in [1.165, 1.54) is 41.1 Å². The number of halogens is 1. The molecule has 0 aliphatic heterocycles. The van der Waals surface area contributed by atoms with Crippen LogP contribution in [0.25, 0.3) is 5.69 Å². The highest BCUT2D eigenvalue weighted by Crippen LogP contribution is 2.29. The Labute approximate surface area is 159 Å². The van der Waals surface area contributed by atoms with Gasteiger partial charge in [-0.05, 0) is 37.3 Å². The van der Waals surface area contributed by atoms with Gasteiger partial charge in [-0.2, -0.15) is 5.10 Å². The van der Waals surface area contributed by atoms with Crippen LogP contribution in [0.2, 0.25) is 5.02 Å². The molecule has 2 aromatic carbocycles. The van der Waals surface area contributed by atoms with Crippen LogP contribution in [-0.4, -0.2) is 23.1 Å². The third-order valence-corrected chi connectivity index (χ3v) is 5.29. The summed E-state index contributed by atoms with van der Waals surface area (Å²) in [5.74, 6) is 0.198. The quantitative estimate of drug-likeness (QED) is 0.493. The predicted octanol–water partition coefficient (Wildman–Crippen LogP) is 3.13. The number of nitro benzene ring substituents is 1. The molecule has 0 aliphatic rings. The van der Waals surface area contributed by atoms with Crippen LogP contribution in [0, 0.1) is 17.0 Å². The van der Waals surface area contributed by atoms with Crippen molar-refractivity contribution < 1.29 is 13.3 Å². The van der Waals surface area contributed by atoms with E-state index in [0.29, 0.717) is 10.7 Å². The van der Waals surface area contributed by atoms with Crippen LogP contribution in [0.3, 0.4) is 0 Å². The summed E-state index contributed by atoms with van der Waals surface area (Å²) < 4.78 is 29.4. The maximum absolute atomic E-state index is 12.9. The van der Waals surface area contributed by atoms with E-state index >= 15 is 0 Å². The van der Waals surface area contributed by atoms with Crippen molar-refractivity contribution in [3.8, 4) is 5.69 Å². The molecule has 1 aromatic heterocycles. The van der Waals surface area contributed by atoms with Crippen LogP contribution in [0.15, 0.2) is 53.4 Å². The molecule has 0 amide bonds. The average molecular weight is 408 g/mol. The van der Waals surface area contributed by atoms with Gasteiger partial charge in [-0.25, -0.2) is 13.1 Å². The molecular formula is C16H14ClN5O4S. The molecule has 3 rings (SSSR count). The summed E-state index contributed by atoms with van der Waals surface area (Å²) >= 11 is 5.80. The second-order valence-electron chi connectivity index (χ2n) is 5.64. The van der Waals surface area contributed by atoms with Crippen molar-refractivity contribution in [1.29, 1.82) is 0 Å². The van der Waals surface area contributed by atoms with Crippen molar-refractivity contribution in [2.75, 3.05) is 10.5 Å². The Morgan fingerprint density at radius 3 is 2.41 bits per heavy atom. The van der Waals surface area contributed by atoms with Crippen molar-refractivity contribution in [2.45, 2.75) is 11.8 Å². The maximum atomic E-state index is 12.9. The first-order valence-electron chi connectivity index (χ1n) is 7.57. The molecular weight excluding hydrogens is 394 g/mol. The smallest absolute Gasteiger partial charge is 0.270 e. The van der Waals surface area contributed by atoms with Crippen LogP contribution >= 0.6 is 11.6 Å². The summed E-state index contributed by atoms with van der Waals surface area (Å²) in [4.78, 5) is 10.1. The highest BCUT2D eigenvalue weighted by Gasteiger charge is 2.25. The van der Waals surface area contributed by atoms with Crippen molar-refractivity contribution >= 4 is 38.8 Å². The molecule has 0 saturated heterocycles. The molecule has 0 unspecified atom stereocenters. The number of nitrogen functional groups attached to an aromatic ring is 1. The van der Waals surface area contributed by atoms with Gasteiger partial charge in [-0.1, -0.05) is 11.6 Å². The maximum Gasteiger partial charge on any atom is 0.270 e. The van der Waals surface area contributed by atoms with Crippen LogP contribution in [0.5, 0.6) is 0 Å². The SMILES string of the molecule is Cc1cc(N)n(-c2ccc([N+](=O)[O-])cc2S(=O)(=O)Nc2ccc(Cl)cc2)n1. The Bertz CT molecular complexity index is 1130. The summed E-state index contributed by atoms with van der Waals surface area (Å²) in [6, 6.07) is 11.0. The number of nitrogens with two attached hydrogens (primary N) is 1. The number of hydrogen-bond acceptors (Lipinski definition) is 6. The molecule has 0 atom stereocenters. The third kappa shape index (κ3) is 3.86. The molecule has 140 valence electrons. The monoisotopic (exact) mass is 407 g/mol. The Hall–Kier alpha value is -3.11.